The largest absolute Gasteiger partial charge is 0.378 e. The number of ketones is 1. The Hall–Kier alpha value is -3.14. The van der Waals surface area contributed by atoms with Crippen molar-refractivity contribution in [1.29, 1.82) is 0 Å². The van der Waals surface area contributed by atoms with Crippen LogP contribution in [0.2, 0.25) is 0 Å². The van der Waals surface area contributed by atoms with Crippen LogP contribution < -0.4 is 4.90 Å². The van der Waals surface area contributed by atoms with Gasteiger partial charge in [-0.2, -0.15) is 16.4 Å². The normalized spacial score (nSPS) is 14.9. The quantitative estimate of drug-likeness (QED) is 0.257. The standard InChI is InChI=1S/C28H34N6O2S/c1-5-32(6-2)19(3)7-8-26(35)21-13-25(30-27(14-21)33-16-22(17-33)36-4)23-15-29-34-11-9-24(31-28(23)34)20-10-12-37-18-20/h9-15,18-19,22H,5-8,16-17H2,1-4H3/t19-/m0/s1. The summed E-state index contributed by atoms with van der Waals surface area (Å²) < 4.78 is 7.23. The molecule has 5 rings (SSSR count). The second-order valence-electron chi connectivity index (χ2n) is 9.55. The highest BCUT2D eigenvalue weighted by atomic mass is 32.1. The molecule has 1 fully saturated rings. The van der Waals surface area contributed by atoms with Gasteiger partial charge in [-0.25, -0.2) is 14.5 Å². The number of fused-ring (bicyclic) bond motifs is 1. The van der Waals surface area contributed by atoms with Crippen LogP contribution in [0.5, 0.6) is 0 Å². The molecule has 8 nitrogen and oxygen atoms in total. The minimum Gasteiger partial charge on any atom is -0.378 e. The van der Waals surface area contributed by atoms with Gasteiger partial charge in [-0.15, -0.1) is 0 Å². The molecule has 1 atom stereocenters. The number of anilines is 1. The number of methoxy groups -OCH3 is 1. The summed E-state index contributed by atoms with van der Waals surface area (Å²) in [5.74, 6) is 0.926. The van der Waals surface area contributed by atoms with Gasteiger partial charge in [-0.05, 0) is 56.1 Å². The highest BCUT2D eigenvalue weighted by Gasteiger charge is 2.29. The van der Waals surface area contributed by atoms with E-state index >= 15 is 0 Å². The van der Waals surface area contributed by atoms with E-state index in [1.54, 1.807) is 29.2 Å². The molecule has 0 unspecified atom stereocenters. The van der Waals surface area contributed by atoms with Gasteiger partial charge in [-0.3, -0.25) is 4.79 Å². The van der Waals surface area contributed by atoms with Crippen molar-refractivity contribution in [3.05, 3.63) is 53.0 Å². The average molecular weight is 519 g/mol. The summed E-state index contributed by atoms with van der Waals surface area (Å²) in [5, 5.41) is 8.64. The Labute approximate surface area is 221 Å². The van der Waals surface area contributed by atoms with Crippen LogP contribution in [0.4, 0.5) is 5.82 Å². The van der Waals surface area contributed by atoms with Gasteiger partial charge in [-0.1, -0.05) is 13.8 Å². The second-order valence-corrected chi connectivity index (χ2v) is 10.3. The summed E-state index contributed by atoms with van der Waals surface area (Å²) in [6.45, 7) is 10.0. The molecule has 0 aliphatic carbocycles. The van der Waals surface area contributed by atoms with Gasteiger partial charge in [0.25, 0.3) is 0 Å². The summed E-state index contributed by atoms with van der Waals surface area (Å²) >= 11 is 1.64. The lowest BCUT2D eigenvalue weighted by Crippen LogP contribution is -2.52. The Morgan fingerprint density at radius 3 is 2.70 bits per heavy atom. The number of aromatic nitrogens is 4. The fourth-order valence-corrected chi connectivity index (χ4v) is 5.54. The minimum atomic E-state index is 0.135. The molecule has 9 heteroatoms. The molecule has 1 saturated heterocycles. The molecule has 0 spiro atoms. The Morgan fingerprint density at radius 2 is 2.00 bits per heavy atom. The third-order valence-corrected chi connectivity index (χ3v) is 8.01. The number of hydrogen-bond acceptors (Lipinski definition) is 8. The van der Waals surface area contributed by atoms with Crippen LogP contribution in [0.15, 0.2) is 47.4 Å². The van der Waals surface area contributed by atoms with Crippen molar-refractivity contribution in [3.63, 3.8) is 0 Å². The highest BCUT2D eigenvalue weighted by molar-refractivity contribution is 7.08. The van der Waals surface area contributed by atoms with Crippen molar-refractivity contribution >= 4 is 28.6 Å². The van der Waals surface area contributed by atoms with Crippen LogP contribution in [0, 0.1) is 0 Å². The van der Waals surface area contributed by atoms with Gasteiger partial charge in [0.15, 0.2) is 11.4 Å². The Balaban J connectivity index is 1.49. The topological polar surface area (TPSA) is 75.9 Å². The zero-order valence-electron chi connectivity index (χ0n) is 21.9. The number of rotatable bonds is 11. The lowest BCUT2D eigenvalue weighted by molar-refractivity contribution is 0.0783. The van der Waals surface area contributed by atoms with Crippen molar-refractivity contribution in [2.75, 3.05) is 38.2 Å². The number of carbonyl (C=O) groups excluding carboxylic acids is 1. The van der Waals surface area contributed by atoms with Crippen molar-refractivity contribution in [3.8, 4) is 22.5 Å². The number of hydrogen-bond donors (Lipinski definition) is 0. The molecular formula is C28H34N6O2S. The van der Waals surface area contributed by atoms with Crippen molar-refractivity contribution in [2.45, 2.75) is 45.8 Å². The number of pyridine rings is 1. The molecule has 0 radical (unpaired) electrons. The summed E-state index contributed by atoms with van der Waals surface area (Å²) in [4.78, 5) is 27.8. The number of nitrogens with zero attached hydrogens (tertiary/aromatic N) is 6. The maximum absolute atomic E-state index is 13.4. The van der Waals surface area contributed by atoms with E-state index in [0.717, 1.165) is 60.9 Å². The van der Waals surface area contributed by atoms with E-state index in [4.69, 9.17) is 14.7 Å². The Bertz CT molecular complexity index is 1360. The maximum atomic E-state index is 13.4. The second kappa shape index (κ2) is 11.1. The molecule has 37 heavy (non-hydrogen) atoms. The van der Waals surface area contributed by atoms with Crippen LogP contribution in [-0.2, 0) is 4.74 Å². The molecule has 0 saturated carbocycles. The number of carbonyl (C=O) groups is 1. The third kappa shape index (κ3) is 5.30. The predicted molar refractivity (Wildman–Crippen MR) is 148 cm³/mol. The highest BCUT2D eigenvalue weighted by Crippen LogP contribution is 2.30. The number of thiophene rings is 1. The summed E-state index contributed by atoms with van der Waals surface area (Å²) in [6.07, 6.45) is 5.21. The van der Waals surface area contributed by atoms with Crippen molar-refractivity contribution in [2.24, 2.45) is 0 Å². The van der Waals surface area contributed by atoms with E-state index in [2.05, 4.69) is 47.1 Å². The smallest absolute Gasteiger partial charge is 0.164 e. The lowest BCUT2D eigenvalue weighted by Gasteiger charge is -2.39. The van der Waals surface area contributed by atoms with E-state index in [0.29, 0.717) is 23.7 Å². The number of Topliss-reactive ketones (excluding diaryl/α,β-unsaturated/α-hetero) is 1. The predicted octanol–water partition coefficient (Wildman–Crippen LogP) is 5.05. The lowest BCUT2D eigenvalue weighted by atomic mass is 10.0. The van der Waals surface area contributed by atoms with Crippen LogP contribution in [0.3, 0.4) is 0 Å². The fraction of sp³-hybridized carbons (Fsp3) is 0.429. The van der Waals surface area contributed by atoms with Crippen molar-refractivity contribution < 1.29 is 9.53 Å². The van der Waals surface area contributed by atoms with Gasteiger partial charge < -0.3 is 14.5 Å². The van der Waals surface area contributed by atoms with Crippen LogP contribution in [0.1, 0.15) is 44.0 Å². The van der Waals surface area contributed by atoms with E-state index in [9.17, 15) is 4.79 Å². The molecule has 4 aromatic heterocycles. The van der Waals surface area contributed by atoms with E-state index in [-0.39, 0.29) is 11.9 Å². The van der Waals surface area contributed by atoms with E-state index in [1.165, 1.54) is 0 Å². The first-order chi connectivity index (χ1) is 18.0. The summed E-state index contributed by atoms with van der Waals surface area (Å²) in [7, 11) is 1.73. The van der Waals surface area contributed by atoms with Crippen LogP contribution in [-0.4, -0.2) is 75.7 Å². The van der Waals surface area contributed by atoms with Gasteiger partial charge in [0, 0.05) is 55.4 Å². The average Bonchev–Trinajstić information content (AvgIpc) is 3.57. The SMILES string of the molecule is CCN(CC)[C@@H](C)CCC(=O)c1cc(-c2cnn3ccc(-c4ccsc4)nc23)nc(N2CC(OC)C2)c1. The summed E-state index contributed by atoms with van der Waals surface area (Å²) in [6, 6.07) is 8.21. The molecule has 0 N–H and O–H groups in total. The first-order valence-electron chi connectivity index (χ1n) is 12.9. The maximum Gasteiger partial charge on any atom is 0.164 e. The van der Waals surface area contributed by atoms with Gasteiger partial charge >= 0.3 is 0 Å². The molecule has 5 heterocycles. The molecule has 0 amide bonds. The molecule has 4 aromatic rings. The minimum absolute atomic E-state index is 0.135. The Morgan fingerprint density at radius 1 is 1.19 bits per heavy atom. The van der Waals surface area contributed by atoms with E-state index < -0.39 is 0 Å². The third-order valence-electron chi connectivity index (χ3n) is 7.33. The first kappa shape index (κ1) is 25.5. The van der Waals surface area contributed by atoms with Gasteiger partial charge in [0.2, 0.25) is 0 Å². The molecule has 194 valence electrons. The molecule has 0 bridgehead atoms. The monoisotopic (exact) mass is 518 g/mol. The molecule has 0 aromatic carbocycles. The molecule has 1 aliphatic heterocycles. The summed E-state index contributed by atoms with van der Waals surface area (Å²) in [5.41, 5.74) is 4.89. The van der Waals surface area contributed by atoms with Crippen molar-refractivity contribution in [1.82, 2.24) is 24.5 Å². The zero-order chi connectivity index (χ0) is 25.9. The molecular weight excluding hydrogens is 484 g/mol. The Kier molecular flexibility index (Phi) is 7.64. The first-order valence-corrected chi connectivity index (χ1v) is 13.9. The molecule has 1 aliphatic rings. The van der Waals surface area contributed by atoms with Gasteiger partial charge in [0.1, 0.15) is 5.82 Å². The van der Waals surface area contributed by atoms with Crippen LogP contribution in [0.25, 0.3) is 28.2 Å². The van der Waals surface area contributed by atoms with E-state index in [1.807, 2.05) is 29.8 Å². The van der Waals surface area contributed by atoms with Crippen LogP contribution >= 0.6 is 11.3 Å². The zero-order valence-corrected chi connectivity index (χ0v) is 22.7. The van der Waals surface area contributed by atoms with Gasteiger partial charge in [0.05, 0.1) is 29.3 Å². The number of ether oxygens (including phenoxy) is 1. The fourth-order valence-electron chi connectivity index (χ4n) is 4.89.